The predicted octanol–water partition coefficient (Wildman–Crippen LogP) is 4.99. The molecule has 0 amide bonds. The van der Waals surface area contributed by atoms with Gasteiger partial charge in [0, 0.05) is 12.4 Å². The maximum Gasteiger partial charge on any atom is 0.117 e. The van der Waals surface area contributed by atoms with E-state index in [-0.39, 0.29) is 0 Å². The Labute approximate surface area is 135 Å². The minimum atomic E-state index is 0.941. The molecule has 0 atom stereocenters. The van der Waals surface area contributed by atoms with Gasteiger partial charge in [-0.25, -0.2) is 9.97 Å². The van der Waals surface area contributed by atoms with E-state index in [1.807, 2.05) is 42.6 Å². The maximum absolute atomic E-state index is 4.54. The van der Waals surface area contributed by atoms with E-state index >= 15 is 0 Å². The molecule has 3 aromatic heterocycles. The monoisotopic (exact) mass is 321 g/mol. The number of thiazole rings is 2. The van der Waals surface area contributed by atoms with Crippen molar-refractivity contribution >= 4 is 45.0 Å². The molecule has 0 saturated carbocycles. The molecule has 22 heavy (non-hydrogen) atoms. The van der Waals surface area contributed by atoms with E-state index in [0.717, 1.165) is 20.2 Å². The molecule has 0 spiro atoms. The van der Waals surface area contributed by atoms with Crippen molar-refractivity contribution in [2.75, 3.05) is 0 Å². The quantitative estimate of drug-likeness (QED) is 0.534. The first-order chi connectivity index (χ1) is 10.9. The third kappa shape index (κ3) is 2.68. The van der Waals surface area contributed by atoms with E-state index in [4.69, 9.17) is 0 Å². The summed E-state index contributed by atoms with van der Waals surface area (Å²) in [5, 5.41) is 1.95. The third-order valence-corrected chi connectivity index (χ3v) is 5.17. The minimum absolute atomic E-state index is 0.941. The van der Waals surface area contributed by atoms with Crippen LogP contribution < -0.4 is 0 Å². The Hall–Kier alpha value is -2.37. The molecular weight excluding hydrogens is 310 g/mol. The zero-order valence-electron chi connectivity index (χ0n) is 11.5. The van der Waals surface area contributed by atoms with Crippen LogP contribution in [0.15, 0.2) is 55.0 Å². The second-order valence-corrected chi connectivity index (χ2v) is 6.78. The molecule has 4 aromatic rings. The van der Waals surface area contributed by atoms with Crippen LogP contribution in [-0.2, 0) is 0 Å². The molecule has 0 unspecified atom stereocenters. The second kappa shape index (κ2) is 5.79. The number of fused-ring (bicyclic) bond motifs is 1. The largest absolute Gasteiger partial charge is 0.262 e. The van der Waals surface area contributed by atoms with E-state index in [1.165, 1.54) is 10.4 Å². The molecule has 0 aliphatic rings. The Morgan fingerprint density at radius 3 is 2.59 bits per heavy atom. The number of hydrogen-bond donors (Lipinski definition) is 0. The normalized spacial score (nSPS) is 11.5. The van der Waals surface area contributed by atoms with Gasteiger partial charge in [0.2, 0.25) is 0 Å². The number of pyridine rings is 1. The van der Waals surface area contributed by atoms with Gasteiger partial charge in [-0.05, 0) is 23.8 Å². The van der Waals surface area contributed by atoms with Gasteiger partial charge < -0.3 is 0 Å². The SMILES string of the molecule is C(=C\c1nc2cnccc2s1)/c1ncc(-c2ccccc2)s1. The Morgan fingerprint density at radius 1 is 0.864 bits per heavy atom. The Bertz CT molecular complexity index is 906. The van der Waals surface area contributed by atoms with Gasteiger partial charge in [0.25, 0.3) is 0 Å². The van der Waals surface area contributed by atoms with Crippen LogP contribution in [0.3, 0.4) is 0 Å². The Kier molecular flexibility index (Phi) is 3.50. The van der Waals surface area contributed by atoms with Gasteiger partial charge in [0.05, 0.1) is 15.8 Å². The van der Waals surface area contributed by atoms with Crippen molar-refractivity contribution in [3.63, 3.8) is 0 Å². The lowest BCUT2D eigenvalue weighted by Gasteiger charge is -1.92. The van der Waals surface area contributed by atoms with Gasteiger partial charge in [-0.3, -0.25) is 4.98 Å². The van der Waals surface area contributed by atoms with E-state index in [0.29, 0.717) is 0 Å². The molecule has 5 heteroatoms. The maximum atomic E-state index is 4.54. The van der Waals surface area contributed by atoms with Crippen molar-refractivity contribution in [1.82, 2.24) is 15.0 Å². The summed E-state index contributed by atoms with van der Waals surface area (Å²) in [5.41, 5.74) is 2.14. The summed E-state index contributed by atoms with van der Waals surface area (Å²) in [7, 11) is 0. The lowest BCUT2D eigenvalue weighted by Crippen LogP contribution is -1.71. The first-order valence-corrected chi connectivity index (χ1v) is 8.42. The molecule has 0 saturated heterocycles. The molecule has 106 valence electrons. The average Bonchev–Trinajstić information content (AvgIpc) is 3.20. The molecule has 3 heterocycles. The summed E-state index contributed by atoms with van der Waals surface area (Å²) in [5.74, 6) is 0. The van der Waals surface area contributed by atoms with E-state index < -0.39 is 0 Å². The molecule has 0 aliphatic heterocycles. The zero-order valence-corrected chi connectivity index (χ0v) is 13.1. The van der Waals surface area contributed by atoms with E-state index in [2.05, 4.69) is 27.1 Å². The van der Waals surface area contributed by atoms with Gasteiger partial charge in [-0.15, -0.1) is 22.7 Å². The fourth-order valence-corrected chi connectivity index (χ4v) is 3.78. The third-order valence-electron chi connectivity index (χ3n) is 3.16. The Morgan fingerprint density at radius 2 is 1.73 bits per heavy atom. The molecule has 0 fully saturated rings. The van der Waals surface area contributed by atoms with Crippen LogP contribution in [0, 0.1) is 0 Å². The van der Waals surface area contributed by atoms with Crippen molar-refractivity contribution in [3.8, 4) is 10.4 Å². The molecule has 1 aromatic carbocycles. The van der Waals surface area contributed by atoms with Gasteiger partial charge in [-0.1, -0.05) is 30.3 Å². The first-order valence-electron chi connectivity index (χ1n) is 6.78. The highest BCUT2D eigenvalue weighted by Gasteiger charge is 2.03. The van der Waals surface area contributed by atoms with Crippen molar-refractivity contribution < 1.29 is 0 Å². The van der Waals surface area contributed by atoms with Gasteiger partial charge in [0.1, 0.15) is 15.5 Å². The summed E-state index contributed by atoms with van der Waals surface area (Å²) in [6.07, 6.45) is 9.53. The molecule has 3 nitrogen and oxygen atoms in total. The van der Waals surface area contributed by atoms with Crippen molar-refractivity contribution in [3.05, 3.63) is 65.0 Å². The summed E-state index contributed by atoms with van der Waals surface area (Å²) in [6.45, 7) is 0. The average molecular weight is 321 g/mol. The van der Waals surface area contributed by atoms with Crippen LogP contribution in [-0.4, -0.2) is 15.0 Å². The number of benzene rings is 1. The summed E-state index contributed by atoms with van der Waals surface area (Å²) < 4.78 is 1.15. The fourth-order valence-electron chi connectivity index (χ4n) is 2.11. The number of hydrogen-bond acceptors (Lipinski definition) is 5. The van der Waals surface area contributed by atoms with Crippen molar-refractivity contribution in [2.45, 2.75) is 0 Å². The van der Waals surface area contributed by atoms with E-state index in [1.54, 1.807) is 35.1 Å². The van der Waals surface area contributed by atoms with Crippen LogP contribution in [0.1, 0.15) is 10.0 Å². The molecule has 0 bridgehead atoms. The smallest absolute Gasteiger partial charge is 0.117 e. The first kappa shape index (κ1) is 13.3. The second-order valence-electron chi connectivity index (χ2n) is 4.66. The van der Waals surface area contributed by atoms with Crippen LogP contribution in [0.2, 0.25) is 0 Å². The summed E-state index contributed by atoms with van der Waals surface area (Å²) in [6, 6.07) is 12.3. The predicted molar refractivity (Wildman–Crippen MR) is 93.9 cm³/mol. The van der Waals surface area contributed by atoms with Gasteiger partial charge in [-0.2, -0.15) is 0 Å². The topological polar surface area (TPSA) is 38.7 Å². The molecule has 0 aliphatic carbocycles. The lowest BCUT2D eigenvalue weighted by molar-refractivity contribution is 1.33. The van der Waals surface area contributed by atoms with Crippen LogP contribution in [0.4, 0.5) is 0 Å². The fraction of sp³-hybridized carbons (Fsp3) is 0. The molecule has 4 rings (SSSR count). The molecule has 0 radical (unpaired) electrons. The highest BCUT2D eigenvalue weighted by Crippen LogP contribution is 2.27. The van der Waals surface area contributed by atoms with Crippen molar-refractivity contribution in [1.29, 1.82) is 0 Å². The van der Waals surface area contributed by atoms with Gasteiger partial charge >= 0.3 is 0 Å². The molecule has 0 N–H and O–H groups in total. The van der Waals surface area contributed by atoms with Gasteiger partial charge in [0.15, 0.2) is 0 Å². The minimum Gasteiger partial charge on any atom is -0.262 e. The Balaban J connectivity index is 1.59. The number of nitrogens with zero attached hydrogens (tertiary/aromatic N) is 3. The highest BCUT2D eigenvalue weighted by atomic mass is 32.1. The highest BCUT2D eigenvalue weighted by molar-refractivity contribution is 7.19. The van der Waals surface area contributed by atoms with Crippen LogP contribution >= 0.6 is 22.7 Å². The van der Waals surface area contributed by atoms with Crippen LogP contribution in [0.5, 0.6) is 0 Å². The molecular formula is C17H11N3S2. The zero-order chi connectivity index (χ0) is 14.8. The number of aromatic nitrogens is 3. The number of rotatable bonds is 3. The lowest BCUT2D eigenvalue weighted by atomic mass is 10.2. The van der Waals surface area contributed by atoms with E-state index in [9.17, 15) is 0 Å². The van der Waals surface area contributed by atoms with Crippen molar-refractivity contribution in [2.24, 2.45) is 0 Å². The summed E-state index contributed by atoms with van der Waals surface area (Å²) >= 11 is 3.34. The summed E-state index contributed by atoms with van der Waals surface area (Å²) in [4.78, 5) is 14.3. The standard InChI is InChI=1S/C17H11N3S2/c1-2-4-12(5-3-1)15-11-19-16(22-15)6-7-17-20-13-10-18-9-8-14(13)21-17/h1-11H/b7-6+. The van der Waals surface area contributed by atoms with Crippen LogP contribution in [0.25, 0.3) is 32.8 Å².